The summed E-state index contributed by atoms with van der Waals surface area (Å²) < 4.78 is 0. The van der Waals surface area contributed by atoms with Gasteiger partial charge in [-0.05, 0) is 5.56 Å². The molecular formula is C16H25NO2Si. The minimum Gasteiger partial charge on any atom is -0.402 e. The van der Waals surface area contributed by atoms with E-state index in [9.17, 15) is 5.21 Å². The summed E-state index contributed by atoms with van der Waals surface area (Å²) in [5, 5.41) is 12.1. The third-order valence-electron chi connectivity index (χ3n) is 4.95. The number of benzene rings is 1. The van der Waals surface area contributed by atoms with Crippen LogP contribution in [0.5, 0.6) is 0 Å². The van der Waals surface area contributed by atoms with Crippen molar-refractivity contribution in [3.05, 3.63) is 41.1 Å². The molecule has 1 unspecified atom stereocenters. The molecule has 0 radical (unpaired) electrons. The van der Waals surface area contributed by atoms with Gasteiger partial charge in [-0.2, -0.15) is 0 Å². The molecule has 1 aromatic carbocycles. The highest BCUT2D eigenvalue weighted by molar-refractivity contribution is 6.81. The second-order valence-electron chi connectivity index (χ2n) is 5.71. The van der Waals surface area contributed by atoms with Crippen molar-refractivity contribution in [1.29, 1.82) is 0 Å². The number of hydrogen-bond donors (Lipinski definition) is 0. The van der Waals surface area contributed by atoms with E-state index in [2.05, 4.69) is 32.9 Å². The number of hydrogen-bond acceptors (Lipinski definition) is 2. The van der Waals surface area contributed by atoms with Crippen molar-refractivity contribution in [3.8, 4) is 0 Å². The molecule has 1 heterocycles. The summed E-state index contributed by atoms with van der Waals surface area (Å²) in [6, 6.07) is 13.7. The van der Waals surface area contributed by atoms with Gasteiger partial charge in [0.25, 0.3) is 0 Å². The predicted molar refractivity (Wildman–Crippen MR) is 85.5 cm³/mol. The summed E-state index contributed by atoms with van der Waals surface area (Å²) in [6.45, 7) is 6.77. The van der Waals surface area contributed by atoms with Crippen LogP contribution in [0.1, 0.15) is 32.8 Å². The Morgan fingerprint density at radius 3 is 2.30 bits per heavy atom. The molecule has 0 spiro atoms. The molecule has 4 heteroatoms. The molecule has 2 rings (SSSR count). The maximum absolute atomic E-state index is 12.1. The third kappa shape index (κ3) is 2.90. The molecular weight excluding hydrogens is 266 g/mol. The maximum atomic E-state index is 12.1. The van der Waals surface area contributed by atoms with Crippen molar-refractivity contribution in [3.63, 3.8) is 0 Å². The van der Waals surface area contributed by atoms with E-state index in [1.54, 1.807) is 0 Å². The Bertz CT molecular complexity index is 460. The molecule has 1 atom stereocenters. The Morgan fingerprint density at radius 2 is 1.75 bits per heavy atom. The van der Waals surface area contributed by atoms with Gasteiger partial charge in [0.05, 0.1) is 20.2 Å². The van der Waals surface area contributed by atoms with Crippen LogP contribution in [0.25, 0.3) is 0 Å². The fraction of sp³-hybridized carbons (Fsp3) is 0.562. The first kappa shape index (κ1) is 15.1. The topological polar surface area (TPSA) is 35.3 Å². The lowest BCUT2D eigenvalue weighted by Gasteiger charge is -2.34. The second-order valence-corrected chi connectivity index (χ2v) is 11.2. The molecule has 0 amide bonds. The Hall–Kier alpha value is -1.29. The minimum atomic E-state index is -1.47. The fourth-order valence-electron chi connectivity index (χ4n) is 3.25. The van der Waals surface area contributed by atoms with Gasteiger partial charge in [-0.3, -0.25) is 5.21 Å². The van der Waals surface area contributed by atoms with Gasteiger partial charge in [-0.15, -0.1) is 0 Å². The van der Waals surface area contributed by atoms with Gasteiger partial charge in [0.15, 0.2) is 0 Å². The summed E-state index contributed by atoms with van der Waals surface area (Å²) in [5.74, 6) is 0. The first-order valence-electron chi connectivity index (χ1n) is 7.67. The highest BCUT2D eigenvalue weighted by Gasteiger charge is 2.42. The highest BCUT2D eigenvalue weighted by atomic mass is 28.3. The lowest BCUT2D eigenvalue weighted by Crippen LogP contribution is -2.46. The van der Waals surface area contributed by atoms with E-state index in [1.807, 2.05) is 18.2 Å². The van der Waals surface area contributed by atoms with Gasteiger partial charge in [-0.25, -0.2) is 0 Å². The van der Waals surface area contributed by atoms with E-state index in [1.165, 1.54) is 23.7 Å². The van der Waals surface area contributed by atoms with Crippen molar-refractivity contribution < 1.29 is 9.74 Å². The van der Waals surface area contributed by atoms with E-state index >= 15 is 0 Å². The van der Waals surface area contributed by atoms with Crippen LogP contribution in [0.2, 0.25) is 18.1 Å². The zero-order valence-electron chi connectivity index (χ0n) is 12.8. The van der Waals surface area contributed by atoms with Crippen LogP contribution in [-0.2, 0) is 11.3 Å². The standard InChI is InChI=1S/C16H25NO2Si/c1-4-20(5-2,6-3)16-13-15(17(18)19-16)12-14-10-8-7-9-11-14/h7-11,16H,4-6,12-13H2,1-3H3. The van der Waals surface area contributed by atoms with Crippen LogP contribution >= 0.6 is 0 Å². The van der Waals surface area contributed by atoms with Gasteiger partial charge in [-0.1, -0.05) is 69.2 Å². The summed E-state index contributed by atoms with van der Waals surface area (Å²) in [6.07, 6.45) is 1.53. The molecule has 1 aromatic rings. The van der Waals surface area contributed by atoms with Gasteiger partial charge in [0.1, 0.15) is 0 Å². The van der Waals surface area contributed by atoms with Crippen molar-refractivity contribution in [2.75, 3.05) is 0 Å². The largest absolute Gasteiger partial charge is 0.402 e. The average Bonchev–Trinajstić information content (AvgIpc) is 2.84. The molecule has 0 aliphatic carbocycles. The summed E-state index contributed by atoms with van der Waals surface area (Å²) in [4.78, 5) is 6.49. The van der Waals surface area contributed by atoms with Crippen LogP contribution < -0.4 is 0 Å². The Balaban J connectivity index is 2.09. The van der Waals surface area contributed by atoms with E-state index in [4.69, 9.17) is 4.84 Å². The molecule has 0 saturated heterocycles. The molecule has 0 bridgehead atoms. The maximum Gasteiger partial charge on any atom is 0.227 e. The normalized spacial score (nSPS) is 19.2. The zero-order valence-corrected chi connectivity index (χ0v) is 13.8. The summed E-state index contributed by atoms with van der Waals surface area (Å²) >= 11 is 0. The average molecular weight is 291 g/mol. The monoisotopic (exact) mass is 291 g/mol. The van der Waals surface area contributed by atoms with E-state index in [0.29, 0.717) is 6.42 Å². The third-order valence-corrected chi connectivity index (χ3v) is 10.8. The Morgan fingerprint density at radius 1 is 1.15 bits per heavy atom. The minimum absolute atomic E-state index is 0.165. The first-order valence-corrected chi connectivity index (χ1v) is 10.4. The first-order chi connectivity index (χ1) is 9.65. The lowest BCUT2D eigenvalue weighted by molar-refractivity contribution is -0.736. The fourth-order valence-corrected chi connectivity index (χ4v) is 7.10. The SMILES string of the molecule is CC[Si](CC)(CC)C1CC(Cc2ccccc2)=[N+]([O-])O1. The molecule has 0 fully saturated rings. The quantitative estimate of drug-likeness (QED) is 0.588. The van der Waals surface area contributed by atoms with Crippen LogP contribution in [0.15, 0.2) is 30.3 Å². The molecule has 3 nitrogen and oxygen atoms in total. The van der Waals surface area contributed by atoms with E-state index < -0.39 is 8.07 Å². The second kappa shape index (κ2) is 6.44. The van der Waals surface area contributed by atoms with Gasteiger partial charge >= 0.3 is 0 Å². The molecule has 0 aromatic heterocycles. The van der Waals surface area contributed by atoms with Gasteiger partial charge in [0, 0.05) is 11.3 Å². The van der Waals surface area contributed by atoms with Gasteiger partial charge in [0.2, 0.25) is 5.71 Å². The molecule has 20 heavy (non-hydrogen) atoms. The predicted octanol–water partition coefficient (Wildman–Crippen LogP) is 3.93. The van der Waals surface area contributed by atoms with Crippen LogP contribution in [0.4, 0.5) is 0 Å². The molecule has 1 aliphatic rings. The zero-order chi connectivity index (χ0) is 14.6. The molecule has 0 N–H and O–H groups in total. The van der Waals surface area contributed by atoms with E-state index in [0.717, 1.165) is 17.0 Å². The van der Waals surface area contributed by atoms with Crippen molar-refractivity contribution in [1.82, 2.24) is 0 Å². The summed E-state index contributed by atoms with van der Waals surface area (Å²) in [5.41, 5.74) is 2.23. The van der Waals surface area contributed by atoms with E-state index in [-0.39, 0.29) is 5.73 Å². The van der Waals surface area contributed by atoms with Gasteiger partial charge < -0.3 is 4.84 Å². The van der Waals surface area contributed by atoms with Crippen LogP contribution in [-0.4, -0.2) is 24.4 Å². The number of rotatable bonds is 6. The number of nitrogens with zero attached hydrogens (tertiary/aromatic N) is 1. The van der Waals surface area contributed by atoms with Crippen LogP contribution in [0, 0.1) is 5.21 Å². The molecule has 1 aliphatic heterocycles. The molecule has 0 saturated carbocycles. The van der Waals surface area contributed by atoms with Crippen LogP contribution in [0.3, 0.4) is 0 Å². The van der Waals surface area contributed by atoms with Crippen molar-refractivity contribution >= 4 is 13.8 Å². The lowest BCUT2D eigenvalue weighted by atomic mass is 10.1. The van der Waals surface area contributed by atoms with Crippen molar-refractivity contribution in [2.24, 2.45) is 0 Å². The van der Waals surface area contributed by atoms with Crippen molar-refractivity contribution in [2.45, 2.75) is 57.5 Å². The Kier molecular flexibility index (Phi) is 4.86. The highest BCUT2D eigenvalue weighted by Crippen LogP contribution is 2.31. The smallest absolute Gasteiger partial charge is 0.227 e. The summed E-state index contributed by atoms with van der Waals surface area (Å²) in [7, 11) is -1.47. The molecule has 110 valence electrons. The Labute approximate surface area is 122 Å².